The third kappa shape index (κ3) is 4.07. The van der Waals surface area contributed by atoms with Crippen LogP contribution in [-0.4, -0.2) is 48.8 Å². The number of nitrogens with zero attached hydrogens (tertiary/aromatic N) is 2. The highest BCUT2D eigenvalue weighted by molar-refractivity contribution is 6.05. The Balaban J connectivity index is 1.45. The van der Waals surface area contributed by atoms with E-state index >= 15 is 0 Å². The zero-order valence-electron chi connectivity index (χ0n) is 15.2. The summed E-state index contributed by atoms with van der Waals surface area (Å²) in [5.41, 5.74) is 0.697. The Morgan fingerprint density at radius 1 is 1.07 bits per heavy atom. The molecule has 1 aliphatic carbocycles. The van der Waals surface area contributed by atoms with E-state index < -0.39 is 5.97 Å². The molecule has 2 aliphatic rings. The Labute approximate surface area is 157 Å². The first-order chi connectivity index (χ1) is 13.0. The van der Waals surface area contributed by atoms with Crippen LogP contribution in [0.15, 0.2) is 42.5 Å². The molecule has 1 heterocycles. The molecule has 2 unspecified atom stereocenters. The van der Waals surface area contributed by atoms with Crippen molar-refractivity contribution in [2.45, 2.75) is 19.3 Å². The Bertz CT molecular complexity index is 748. The van der Waals surface area contributed by atoms with E-state index in [-0.39, 0.29) is 49.1 Å². The minimum Gasteiger partial charge on any atom is -0.455 e. The van der Waals surface area contributed by atoms with E-state index in [1.54, 1.807) is 19.2 Å². The zero-order chi connectivity index (χ0) is 19.4. The van der Waals surface area contributed by atoms with Crippen LogP contribution in [0.25, 0.3) is 0 Å². The van der Waals surface area contributed by atoms with E-state index in [1.165, 1.54) is 4.90 Å². The van der Waals surface area contributed by atoms with Crippen molar-refractivity contribution in [1.82, 2.24) is 4.90 Å². The molecule has 1 aliphatic heterocycles. The van der Waals surface area contributed by atoms with E-state index in [1.807, 2.05) is 30.4 Å². The molecule has 0 N–H and O–H groups in total. The number of ether oxygens (including phenoxy) is 1. The lowest BCUT2D eigenvalue weighted by Crippen LogP contribution is -2.34. The molecule has 0 radical (unpaired) electrons. The third-order valence-electron chi connectivity index (χ3n) is 5.01. The summed E-state index contributed by atoms with van der Waals surface area (Å²) >= 11 is 0. The van der Waals surface area contributed by atoms with Gasteiger partial charge >= 0.3 is 5.97 Å². The number of carbonyl (C=O) groups is 4. The van der Waals surface area contributed by atoms with Gasteiger partial charge in [-0.05, 0) is 25.0 Å². The van der Waals surface area contributed by atoms with Gasteiger partial charge in [-0.15, -0.1) is 0 Å². The molecule has 0 aromatic heterocycles. The van der Waals surface area contributed by atoms with Gasteiger partial charge in [0.15, 0.2) is 6.61 Å². The van der Waals surface area contributed by atoms with Crippen molar-refractivity contribution in [2.24, 2.45) is 11.8 Å². The van der Waals surface area contributed by atoms with Crippen molar-refractivity contribution < 1.29 is 23.9 Å². The summed E-state index contributed by atoms with van der Waals surface area (Å²) in [5, 5.41) is 0. The fraction of sp³-hybridized carbons (Fsp3) is 0.400. The molecule has 1 fully saturated rings. The van der Waals surface area contributed by atoms with Crippen LogP contribution in [0.4, 0.5) is 5.69 Å². The average molecular weight is 370 g/mol. The molecule has 2 atom stereocenters. The van der Waals surface area contributed by atoms with Crippen molar-refractivity contribution >= 4 is 29.4 Å². The number of esters is 1. The van der Waals surface area contributed by atoms with Gasteiger partial charge in [-0.2, -0.15) is 0 Å². The van der Waals surface area contributed by atoms with Crippen molar-refractivity contribution in [3.8, 4) is 0 Å². The van der Waals surface area contributed by atoms with Crippen LogP contribution in [-0.2, 0) is 23.9 Å². The molecular weight excluding hydrogens is 348 g/mol. The molecule has 7 nitrogen and oxygen atoms in total. The normalized spacial score (nSPS) is 21.1. The highest BCUT2D eigenvalue weighted by atomic mass is 16.5. The summed E-state index contributed by atoms with van der Waals surface area (Å²) in [7, 11) is 1.60. The van der Waals surface area contributed by atoms with Gasteiger partial charge in [0.25, 0.3) is 5.91 Å². The topological polar surface area (TPSA) is 84.0 Å². The van der Waals surface area contributed by atoms with E-state index in [2.05, 4.69) is 0 Å². The lowest BCUT2D eigenvalue weighted by Gasteiger charge is -2.17. The van der Waals surface area contributed by atoms with Crippen LogP contribution in [0.5, 0.6) is 0 Å². The summed E-state index contributed by atoms with van der Waals surface area (Å²) < 4.78 is 5.00. The molecule has 0 bridgehead atoms. The Kier molecular flexibility index (Phi) is 5.69. The number of hydrogen-bond donors (Lipinski definition) is 0. The smallest absolute Gasteiger partial charge is 0.308 e. The van der Waals surface area contributed by atoms with Gasteiger partial charge in [0.2, 0.25) is 11.8 Å². The van der Waals surface area contributed by atoms with Gasteiger partial charge in [-0.1, -0.05) is 30.4 Å². The first kappa shape index (κ1) is 18.8. The molecule has 142 valence electrons. The maximum absolute atomic E-state index is 12.3. The van der Waals surface area contributed by atoms with Crippen LogP contribution in [0, 0.1) is 11.8 Å². The Morgan fingerprint density at radius 2 is 1.67 bits per heavy atom. The first-order valence-corrected chi connectivity index (χ1v) is 8.96. The zero-order valence-corrected chi connectivity index (χ0v) is 15.2. The minimum absolute atomic E-state index is 0.00772. The van der Waals surface area contributed by atoms with Crippen molar-refractivity contribution in [3.05, 3.63) is 42.5 Å². The number of allylic oxidation sites excluding steroid dienone is 2. The largest absolute Gasteiger partial charge is 0.455 e. The van der Waals surface area contributed by atoms with Crippen LogP contribution < -0.4 is 4.90 Å². The number of likely N-dealkylation sites (tertiary alicyclic amines) is 1. The molecule has 1 saturated heterocycles. The summed E-state index contributed by atoms with van der Waals surface area (Å²) in [6.45, 7) is -0.395. The average Bonchev–Trinajstić information content (AvgIpc) is 2.95. The van der Waals surface area contributed by atoms with E-state index in [4.69, 9.17) is 4.74 Å². The number of imide groups is 1. The van der Waals surface area contributed by atoms with Crippen molar-refractivity contribution in [3.63, 3.8) is 0 Å². The summed E-state index contributed by atoms with van der Waals surface area (Å²) in [6.07, 6.45) is 4.84. The predicted octanol–water partition coefficient (Wildman–Crippen LogP) is 1.53. The number of carbonyl (C=O) groups excluding carboxylic acids is 4. The van der Waals surface area contributed by atoms with Crippen LogP contribution in [0.1, 0.15) is 19.3 Å². The van der Waals surface area contributed by atoms with Gasteiger partial charge in [0.05, 0.1) is 18.3 Å². The molecule has 7 heteroatoms. The molecule has 3 rings (SSSR count). The van der Waals surface area contributed by atoms with Crippen molar-refractivity contribution in [2.75, 3.05) is 25.1 Å². The minimum atomic E-state index is -0.613. The molecule has 0 saturated carbocycles. The van der Waals surface area contributed by atoms with Gasteiger partial charge in [-0.3, -0.25) is 24.1 Å². The second-order valence-electron chi connectivity index (χ2n) is 6.68. The van der Waals surface area contributed by atoms with E-state index in [0.29, 0.717) is 18.5 Å². The van der Waals surface area contributed by atoms with Crippen LogP contribution in [0.2, 0.25) is 0 Å². The maximum Gasteiger partial charge on any atom is 0.308 e. The first-order valence-electron chi connectivity index (χ1n) is 8.96. The maximum atomic E-state index is 12.3. The number of rotatable bonds is 6. The molecule has 0 spiro atoms. The fourth-order valence-electron chi connectivity index (χ4n) is 3.40. The van der Waals surface area contributed by atoms with Gasteiger partial charge in [0, 0.05) is 19.3 Å². The summed E-state index contributed by atoms with van der Waals surface area (Å²) in [4.78, 5) is 51.3. The molecular formula is C20H22N2O5. The predicted molar refractivity (Wildman–Crippen MR) is 97.5 cm³/mol. The van der Waals surface area contributed by atoms with E-state index in [0.717, 1.165) is 4.90 Å². The SMILES string of the molecule is CN(C(=O)COC(=O)CCN1C(=O)C2CC=CCC2C1=O)c1ccccc1. The van der Waals surface area contributed by atoms with Crippen molar-refractivity contribution in [1.29, 1.82) is 0 Å². The van der Waals surface area contributed by atoms with Gasteiger partial charge in [0.1, 0.15) is 0 Å². The number of para-hydroxylation sites is 1. The van der Waals surface area contributed by atoms with E-state index in [9.17, 15) is 19.2 Å². The lowest BCUT2D eigenvalue weighted by atomic mass is 9.85. The molecule has 27 heavy (non-hydrogen) atoms. The lowest BCUT2D eigenvalue weighted by molar-refractivity contribution is -0.149. The molecule has 1 aromatic rings. The summed E-state index contributed by atoms with van der Waals surface area (Å²) in [5.74, 6) is -2.03. The second kappa shape index (κ2) is 8.16. The number of likely N-dealkylation sites (N-methyl/N-ethyl adjacent to an activating group) is 1. The number of fused-ring (bicyclic) bond motifs is 1. The Morgan fingerprint density at radius 3 is 2.26 bits per heavy atom. The third-order valence-corrected chi connectivity index (χ3v) is 5.01. The van der Waals surface area contributed by atoms with Gasteiger partial charge in [-0.25, -0.2) is 0 Å². The fourth-order valence-corrected chi connectivity index (χ4v) is 3.40. The number of hydrogen-bond acceptors (Lipinski definition) is 5. The molecule has 1 aromatic carbocycles. The number of benzene rings is 1. The standard InChI is InChI=1S/C20H22N2O5/c1-21(14-7-3-2-4-8-14)17(23)13-27-18(24)11-12-22-19(25)15-9-5-6-10-16(15)20(22)26/h2-8,15-16H,9-13H2,1H3. The van der Waals surface area contributed by atoms with Crippen LogP contribution >= 0.6 is 0 Å². The number of amides is 3. The van der Waals surface area contributed by atoms with Gasteiger partial charge < -0.3 is 9.64 Å². The molecule has 3 amide bonds. The summed E-state index contributed by atoms with van der Waals surface area (Å²) in [6, 6.07) is 9.01. The highest BCUT2D eigenvalue weighted by Crippen LogP contribution is 2.34. The number of anilines is 1. The van der Waals surface area contributed by atoms with Crippen LogP contribution in [0.3, 0.4) is 0 Å². The quantitative estimate of drug-likeness (QED) is 0.431. The monoisotopic (exact) mass is 370 g/mol. The Hall–Kier alpha value is -2.96. The highest BCUT2D eigenvalue weighted by Gasteiger charge is 2.46. The second-order valence-corrected chi connectivity index (χ2v) is 6.68.